The Hall–Kier alpha value is -1.56. The number of sulfone groups is 1. The van der Waals surface area contributed by atoms with Crippen LogP contribution in [0, 0.1) is 13.8 Å². The van der Waals surface area contributed by atoms with Gasteiger partial charge >= 0.3 is 5.97 Å². The first-order valence-corrected chi connectivity index (χ1v) is 7.35. The van der Waals surface area contributed by atoms with Crippen LogP contribution in [-0.4, -0.2) is 31.9 Å². The molecule has 0 heterocycles. The summed E-state index contributed by atoms with van der Waals surface area (Å²) in [6.45, 7) is 5.04. The first-order chi connectivity index (χ1) is 8.70. The van der Waals surface area contributed by atoms with Gasteiger partial charge in [-0.25, -0.2) is 8.42 Å². The van der Waals surface area contributed by atoms with E-state index in [-0.39, 0.29) is 10.6 Å². The summed E-state index contributed by atoms with van der Waals surface area (Å²) in [5.74, 6) is -0.890. The summed E-state index contributed by atoms with van der Waals surface area (Å²) in [6.07, 6.45) is -0.432. The fraction of sp³-hybridized carbons (Fsp3) is 0.462. The third-order valence-electron chi connectivity index (χ3n) is 3.08. The number of benzene rings is 1. The minimum Gasteiger partial charge on any atom is -0.495 e. The predicted octanol–water partition coefficient (Wildman–Crippen LogP) is 1.95. The van der Waals surface area contributed by atoms with E-state index in [9.17, 15) is 13.2 Å². The highest BCUT2D eigenvalue weighted by atomic mass is 32.2. The van der Waals surface area contributed by atoms with Crippen molar-refractivity contribution in [1.29, 1.82) is 0 Å². The molecule has 1 atom stereocenters. The molecule has 1 aromatic carbocycles. The standard InChI is InChI=1S/C13H18O5S/c1-8-5-11(18-4)12(6-9(8)2)19(16,17)10(3)7-13(14)15/h5-6,10H,7H2,1-4H3,(H,14,15). The summed E-state index contributed by atoms with van der Waals surface area (Å²) >= 11 is 0. The molecule has 6 heteroatoms. The summed E-state index contributed by atoms with van der Waals surface area (Å²) < 4.78 is 29.8. The third kappa shape index (κ3) is 3.26. The smallest absolute Gasteiger partial charge is 0.304 e. The van der Waals surface area contributed by atoms with Gasteiger partial charge in [-0.05, 0) is 44.0 Å². The van der Waals surface area contributed by atoms with Crippen molar-refractivity contribution in [2.75, 3.05) is 7.11 Å². The van der Waals surface area contributed by atoms with Crippen molar-refractivity contribution in [2.45, 2.75) is 37.3 Å². The molecule has 0 aliphatic heterocycles. The van der Waals surface area contributed by atoms with Gasteiger partial charge < -0.3 is 9.84 Å². The maximum absolute atomic E-state index is 12.4. The number of carboxylic acids is 1. The molecule has 0 radical (unpaired) electrons. The van der Waals surface area contributed by atoms with Gasteiger partial charge in [0.15, 0.2) is 9.84 Å². The molecular formula is C13H18O5S. The van der Waals surface area contributed by atoms with E-state index in [2.05, 4.69) is 0 Å². The Labute approximate surface area is 113 Å². The van der Waals surface area contributed by atoms with Crippen LogP contribution in [0.2, 0.25) is 0 Å². The molecule has 0 saturated heterocycles. The van der Waals surface area contributed by atoms with E-state index < -0.39 is 27.5 Å². The Morgan fingerprint density at radius 3 is 2.32 bits per heavy atom. The maximum Gasteiger partial charge on any atom is 0.304 e. The largest absolute Gasteiger partial charge is 0.495 e. The third-order valence-corrected chi connectivity index (χ3v) is 5.24. The molecule has 0 aliphatic rings. The lowest BCUT2D eigenvalue weighted by atomic mass is 10.1. The molecule has 1 N–H and O–H groups in total. The van der Waals surface area contributed by atoms with Crippen molar-refractivity contribution < 1.29 is 23.1 Å². The molecule has 0 amide bonds. The van der Waals surface area contributed by atoms with Crippen molar-refractivity contribution in [3.63, 3.8) is 0 Å². The van der Waals surface area contributed by atoms with Gasteiger partial charge in [-0.15, -0.1) is 0 Å². The van der Waals surface area contributed by atoms with Crippen LogP contribution < -0.4 is 4.74 Å². The average Bonchev–Trinajstić information content (AvgIpc) is 2.30. The molecule has 0 saturated carbocycles. The molecule has 0 spiro atoms. The number of aryl methyl sites for hydroxylation is 2. The Bertz CT molecular complexity index is 589. The molecule has 1 aromatic rings. The first-order valence-electron chi connectivity index (χ1n) is 5.81. The zero-order valence-electron chi connectivity index (χ0n) is 11.4. The van der Waals surface area contributed by atoms with Gasteiger partial charge in [-0.1, -0.05) is 0 Å². The molecule has 106 valence electrons. The summed E-state index contributed by atoms with van der Waals surface area (Å²) in [5.41, 5.74) is 1.74. The van der Waals surface area contributed by atoms with E-state index in [0.29, 0.717) is 0 Å². The number of carboxylic acid groups (broad SMARTS) is 1. The lowest BCUT2D eigenvalue weighted by Crippen LogP contribution is -2.22. The average molecular weight is 286 g/mol. The molecule has 5 nitrogen and oxygen atoms in total. The number of hydrogen-bond donors (Lipinski definition) is 1. The van der Waals surface area contributed by atoms with Gasteiger partial charge in [0.05, 0.1) is 18.8 Å². The van der Waals surface area contributed by atoms with E-state index in [4.69, 9.17) is 9.84 Å². The maximum atomic E-state index is 12.4. The second kappa shape index (κ2) is 5.61. The number of methoxy groups -OCH3 is 1. The van der Waals surface area contributed by atoms with Crippen molar-refractivity contribution in [3.8, 4) is 5.75 Å². The Morgan fingerprint density at radius 1 is 1.32 bits per heavy atom. The molecule has 0 bridgehead atoms. The number of rotatable bonds is 5. The minimum atomic E-state index is -3.72. The van der Waals surface area contributed by atoms with Crippen molar-refractivity contribution in [3.05, 3.63) is 23.3 Å². The Balaban J connectivity index is 3.35. The molecular weight excluding hydrogens is 268 g/mol. The van der Waals surface area contributed by atoms with E-state index in [1.165, 1.54) is 20.1 Å². The molecule has 19 heavy (non-hydrogen) atoms. The molecule has 1 rings (SSSR count). The highest BCUT2D eigenvalue weighted by Crippen LogP contribution is 2.30. The first kappa shape index (κ1) is 15.5. The predicted molar refractivity (Wildman–Crippen MR) is 71.4 cm³/mol. The normalized spacial score (nSPS) is 13.1. The van der Waals surface area contributed by atoms with E-state index >= 15 is 0 Å². The van der Waals surface area contributed by atoms with Crippen LogP contribution in [-0.2, 0) is 14.6 Å². The number of aliphatic carboxylic acids is 1. The van der Waals surface area contributed by atoms with Crippen molar-refractivity contribution in [2.24, 2.45) is 0 Å². The summed E-state index contributed by atoms with van der Waals surface area (Å²) in [7, 11) is -2.33. The van der Waals surface area contributed by atoms with Crippen molar-refractivity contribution in [1.82, 2.24) is 0 Å². The highest BCUT2D eigenvalue weighted by Gasteiger charge is 2.29. The van der Waals surface area contributed by atoms with Gasteiger partial charge in [-0.3, -0.25) is 4.79 Å². The number of hydrogen-bond acceptors (Lipinski definition) is 4. The minimum absolute atomic E-state index is 0.0480. The van der Waals surface area contributed by atoms with Crippen LogP contribution in [0.5, 0.6) is 5.75 Å². The lowest BCUT2D eigenvalue weighted by molar-refractivity contribution is -0.136. The lowest BCUT2D eigenvalue weighted by Gasteiger charge is -2.15. The number of ether oxygens (including phenoxy) is 1. The van der Waals surface area contributed by atoms with Crippen LogP contribution in [0.4, 0.5) is 0 Å². The second-order valence-corrected chi connectivity index (χ2v) is 6.88. The summed E-state index contributed by atoms with van der Waals surface area (Å²) in [6, 6.07) is 3.18. The van der Waals surface area contributed by atoms with Gasteiger partial charge in [0.2, 0.25) is 0 Å². The quantitative estimate of drug-likeness (QED) is 0.894. The number of carbonyl (C=O) groups is 1. The molecule has 0 aromatic heterocycles. The zero-order chi connectivity index (χ0) is 14.8. The topological polar surface area (TPSA) is 80.7 Å². The summed E-state index contributed by atoms with van der Waals surface area (Å²) in [4.78, 5) is 10.7. The Morgan fingerprint density at radius 2 is 1.84 bits per heavy atom. The van der Waals surface area contributed by atoms with E-state index in [1.54, 1.807) is 13.0 Å². The van der Waals surface area contributed by atoms with Gasteiger partial charge in [0.25, 0.3) is 0 Å². The highest BCUT2D eigenvalue weighted by molar-refractivity contribution is 7.92. The van der Waals surface area contributed by atoms with Gasteiger partial charge in [0, 0.05) is 0 Å². The monoisotopic (exact) mass is 286 g/mol. The van der Waals surface area contributed by atoms with Crippen LogP contribution in [0.15, 0.2) is 17.0 Å². The van der Waals surface area contributed by atoms with E-state index in [0.717, 1.165) is 11.1 Å². The molecule has 0 aliphatic carbocycles. The van der Waals surface area contributed by atoms with E-state index in [1.807, 2.05) is 6.92 Å². The fourth-order valence-electron chi connectivity index (χ4n) is 1.72. The van der Waals surface area contributed by atoms with Gasteiger partial charge in [0.1, 0.15) is 10.6 Å². The fourth-order valence-corrected chi connectivity index (χ4v) is 3.28. The Kier molecular flexibility index (Phi) is 4.57. The van der Waals surface area contributed by atoms with Crippen LogP contribution in [0.1, 0.15) is 24.5 Å². The van der Waals surface area contributed by atoms with Crippen LogP contribution in [0.25, 0.3) is 0 Å². The zero-order valence-corrected chi connectivity index (χ0v) is 12.2. The van der Waals surface area contributed by atoms with Crippen molar-refractivity contribution >= 4 is 15.8 Å². The van der Waals surface area contributed by atoms with Gasteiger partial charge in [-0.2, -0.15) is 0 Å². The molecule has 0 fully saturated rings. The summed E-state index contributed by atoms with van der Waals surface area (Å²) in [5, 5.41) is 7.72. The second-order valence-electron chi connectivity index (χ2n) is 4.54. The van der Waals surface area contributed by atoms with Crippen LogP contribution >= 0.6 is 0 Å². The van der Waals surface area contributed by atoms with Crippen LogP contribution in [0.3, 0.4) is 0 Å². The molecule has 1 unspecified atom stereocenters. The SMILES string of the molecule is COc1cc(C)c(C)cc1S(=O)(=O)C(C)CC(=O)O.